The van der Waals surface area contributed by atoms with Crippen LogP contribution in [-0.4, -0.2) is 28.6 Å². The van der Waals surface area contributed by atoms with Gasteiger partial charge in [0.15, 0.2) is 15.8 Å². The molecule has 0 saturated carbocycles. The van der Waals surface area contributed by atoms with Crippen molar-refractivity contribution in [1.29, 1.82) is 0 Å². The van der Waals surface area contributed by atoms with Crippen molar-refractivity contribution < 1.29 is 23.9 Å². The molecule has 0 N–H and O–H groups in total. The third-order valence-electron chi connectivity index (χ3n) is 4.20. The zero-order chi connectivity index (χ0) is 20.5. The summed E-state index contributed by atoms with van der Waals surface area (Å²) in [6.07, 6.45) is 1.45. The standard InChI is InChI=1S/C19H14N2O6S2/c1-2-25-13-5-3-12(4-6-13)20-18(22)17(29-19(20)28)8-11-7-15-16(27-10-26-15)9-14(11)21(23)24/h3-9H,2,10H2,1H3/b17-8-. The fourth-order valence-electron chi connectivity index (χ4n) is 2.91. The van der Waals surface area contributed by atoms with E-state index >= 15 is 0 Å². The van der Waals surface area contributed by atoms with Gasteiger partial charge in [-0.05, 0) is 43.3 Å². The van der Waals surface area contributed by atoms with Crippen LogP contribution < -0.4 is 19.1 Å². The predicted molar refractivity (Wildman–Crippen MR) is 112 cm³/mol. The molecule has 1 saturated heterocycles. The molecule has 0 aliphatic carbocycles. The van der Waals surface area contributed by atoms with Crippen molar-refractivity contribution in [2.24, 2.45) is 0 Å². The maximum Gasteiger partial charge on any atom is 0.280 e. The van der Waals surface area contributed by atoms with Crippen LogP contribution in [0.1, 0.15) is 12.5 Å². The minimum atomic E-state index is -0.527. The van der Waals surface area contributed by atoms with Gasteiger partial charge in [0.05, 0.1) is 33.8 Å². The Balaban J connectivity index is 1.67. The SMILES string of the molecule is CCOc1ccc(N2C(=O)/C(=C/c3cc4c(cc3[N+](=O)[O-])OCO4)SC2=S)cc1. The fraction of sp³-hybridized carbons (Fsp3) is 0.158. The Hall–Kier alpha value is -3.11. The summed E-state index contributed by atoms with van der Waals surface area (Å²) < 4.78 is 16.2. The lowest BCUT2D eigenvalue weighted by Crippen LogP contribution is -2.27. The molecule has 0 unspecified atom stereocenters. The number of ether oxygens (including phenoxy) is 3. The molecular formula is C19H14N2O6S2. The Bertz CT molecular complexity index is 1050. The summed E-state index contributed by atoms with van der Waals surface area (Å²) in [6, 6.07) is 9.77. The van der Waals surface area contributed by atoms with E-state index in [9.17, 15) is 14.9 Å². The largest absolute Gasteiger partial charge is 0.494 e. The molecule has 29 heavy (non-hydrogen) atoms. The molecule has 0 radical (unpaired) electrons. The molecule has 1 fully saturated rings. The van der Waals surface area contributed by atoms with E-state index in [0.717, 1.165) is 11.8 Å². The maximum absolute atomic E-state index is 12.9. The van der Waals surface area contributed by atoms with E-state index < -0.39 is 4.92 Å². The van der Waals surface area contributed by atoms with Gasteiger partial charge in [0, 0.05) is 0 Å². The van der Waals surface area contributed by atoms with Crippen molar-refractivity contribution in [2.45, 2.75) is 6.92 Å². The van der Waals surface area contributed by atoms with Gasteiger partial charge < -0.3 is 14.2 Å². The molecule has 2 aromatic rings. The third kappa shape index (κ3) is 3.64. The number of thiocarbonyl (C=S) groups is 1. The van der Waals surface area contributed by atoms with Gasteiger partial charge in [-0.15, -0.1) is 0 Å². The number of hydrogen-bond donors (Lipinski definition) is 0. The molecule has 4 rings (SSSR count). The van der Waals surface area contributed by atoms with E-state index in [4.69, 9.17) is 26.4 Å². The van der Waals surface area contributed by atoms with Crippen LogP contribution in [0.15, 0.2) is 41.3 Å². The van der Waals surface area contributed by atoms with Gasteiger partial charge >= 0.3 is 0 Å². The fourth-order valence-corrected chi connectivity index (χ4v) is 4.20. The summed E-state index contributed by atoms with van der Waals surface area (Å²) in [7, 11) is 0. The van der Waals surface area contributed by atoms with E-state index in [1.165, 1.54) is 23.1 Å². The molecule has 2 heterocycles. The number of fused-ring (bicyclic) bond motifs is 1. The minimum absolute atomic E-state index is 0.00417. The highest BCUT2D eigenvalue weighted by Crippen LogP contribution is 2.41. The number of amides is 1. The number of hydrogen-bond acceptors (Lipinski definition) is 8. The van der Waals surface area contributed by atoms with Gasteiger partial charge in [0.2, 0.25) is 6.79 Å². The molecule has 0 aromatic heterocycles. The van der Waals surface area contributed by atoms with Gasteiger partial charge in [0.1, 0.15) is 5.75 Å². The van der Waals surface area contributed by atoms with E-state index in [0.29, 0.717) is 33.9 Å². The highest BCUT2D eigenvalue weighted by atomic mass is 32.2. The van der Waals surface area contributed by atoms with E-state index in [-0.39, 0.29) is 28.9 Å². The molecule has 2 aliphatic heterocycles. The quantitative estimate of drug-likeness (QED) is 0.303. The number of nitrogens with zero attached hydrogens (tertiary/aromatic N) is 2. The lowest BCUT2D eigenvalue weighted by Gasteiger charge is -2.15. The summed E-state index contributed by atoms with van der Waals surface area (Å²) in [5.41, 5.74) is 0.659. The number of nitro groups is 1. The predicted octanol–water partition coefficient (Wildman–Crippen LogP) is 4.13. The summed E-state index contributed by atoms with van der Waals surface area (Å²) in [5, 5.41) is 11.5. The van der Waals surface area contributed by atoms with Gasteiger partial charge in [-0.1, -0.05) is 24.0 Å². The molecule has 0 atom stereocenters. The lowest BCUT2D eigenvalue weighted by molar-refractivity contribution is -0.385. The summed E-state index contributed by atoms with van der Waals surface area (Å²) in [6.45, 7) is 2.42. The number of nitro benzene ring substituents is 1. The van der Waals surface area contributed by atoms with Crippen LogP contribution in [0, 0.1) is 10.1 Å². The van der Waals surface area contributed by atoms with Crippen molar-refractivity contribution in [3.05, 3.63) is 57.0 Å². The van der Waals surface area contributed by atoms with Crippen LogP contribution in [0.3, 0.4) is 0 Å². The van der Waals surface area contributed by atoms with Gasteiger partial charge in [0.25, 0.3) is 11.6 Å². The van der Waals surface area contributed by atoms with Crippen molar-refractivity contribution in [3.8, 4) is 17.2 Å². The monoisotopic (exact) mass is 430 g/mol. The first-order valence-electron chi connectivity index (χ1n) is 8.56. The molecule has 0 bridgehead atoms. The summed E-state index contributed by atoms with van der Waals surface area (Å²) in [5.74, 6) is 1.03. The number of thioether (sulfide) groups is 1. The Morgan fingerprint density at radius 2 is 1.97 bits per heavy atom. The van der Waals surface area contributed by atoms with Crippen LogP contribution in [0.5, 0.6) is 17.2 Å². The summed E-state index contributed by atoms with van der Waals surface area (Å²) >= 11 is 6.44. The first-order chi connectivity index (χ1) is 14.0. The van der Waals surface area contributed by atoms with Gasteiger partial charge in [-0.3, -0.25) is 19.8 Å². The molecule has 0 spiro atoms. The summed E-state index contributed by atoms with van der Waals surface area (Å²) in [4.78, 5) is 25.5. The molecule has 148 valence electrons. The molecule has 2 aliphatic rings. The average Bonchev–Trinajstić information content (AvgIpc) is 3.26. The van der Waals surface area contributed by atoms with Crippen LogP contribution >= 0.6 is 24.0 Å². The van der Waals surface area contributed by atoms with Gasteiger partial charge in [-0.2, -0.15) is 0 Å². The Morgan fingerprint density at radius 3 is 2.62 bits per heavy atom. The average molecular weight is 430 g/mol. The Labute approximate surface area is 175 Å². The van der Waals surface area contributed by atoms with E-state index in [2.05, 4.69) is 0 Å². The number of benzene rings is 2. The lowest BCUT2D eigenvalue weighted by atomic mass is 10.1. The number of anilines is 1. The normalized spacial score (nSPS) is 16.6. The van der Waals surface area contributed by atoms with Crippen LogP contribution in [0.4, 0.5) is 11.4 Å². The highest BCUT2D eigenvalue weighted by Gasteiger charge is 2.34. The zero-order valence-corrected chi connectivity index (χ0v) is 16.7. The second-order valence-corrected chi connectivity index (χ2v) is 7.64. The maximum atomic E-state index is 12.9. The molecule has 2 aromatic carbocycles. The minimum Gasteiger partial charge on any atom is -0.494 e. The van der Waals surface area contributed by atoms with E-state index in [1.807, 2.05) is 6.92 Å². The third-order valence-corrected chi connectivity index (χ3v) is 5.51. The van der Waals surface area contributed by atoms with Crippen LogP contribution in [0.25, 0.3) is 6.08 Å². The first-order valence-corrected chi connectivity index (χ1v) is 9.79. The Kier molecular flexibility index (Phi) is 5.12. The number of rotatable bonds is 5. The second-order valence-electron chi connectivity index (χ2n) is 5.97. The molecule has 8 nitrogen and oxygen atoms in total. The van der Waals surface area contributed by atoms with E-state index in [1.54, 1.807) is 24.3 Å². The smallest absolute Gasteiger partial charge is 0.280 e. The van der Waals surface area contributed by atoms with Crippen LogP contribution in [0.2, 0.25) is 0 Å². The molecular weight excluding hydrogens is 416 g/mol. The second kappa shape index (κ2) is 7.72. The topological polar surface area (TPSA) is 91.1 Å². The first kappa shape index (κ1) is 19.2. The van der Waals surface area contributed by atoms with Gasteiger partial charge in [-0.25, -0.2) is 0 Å². The molecule has 10 heteroatoms. The van der Waals surface area contributed by atoms with Crippen molar-refractivity contribution in [1.82, 2.24) is 0 Å². The van der Waals surface area contributed by atoms with Crippen LogP contribution in [-0.2, 0) is 4.79 Å². The highest BCUT2D eigenvalue weighted by molar-refractivity contribution is 8.27. The Morgan fingerprint density at radius 1 is 1.28 bits per heavy atom. The molecule has 1 amide bonds. The number of carbonyl (C=O) groups excluding carboxylic acids is 1. The van der Waals surface area contributed by atoms with Crippen molar-refractivity contribution in [3.63, 3.8) is 0 Å². The zero-order valence-electron chi connectivity index (χ0n) is 15.1. The number of carbonyl (C=O) groups is 1. The van der Waals surface area contributed by atoms with Crippen molar-refractivity contribution in [2.75, 3.05) is 18.3 Å². The van der Waals surface area contributed by atoms with Crippen molar-refractivity contribution >= 4 is 51.7 Å².